The molecule has 11 unspecified atom stereocenters. The molecule has 8 rings (SSSR count). The highest BCUT2D eigenvalue weighted by Crippen LogP contribution is 2.65. The van der Waals surface area contributed by atoms with Crippen molar-refractivity contribution in [2.24, 2.45) is 94.7 Å². The van der Waals surface area contributed by atoms with Crippen LogP contribution in [0, 0.1) is 94.7 Å². The molecule has 8 aliphatic rings. The SMILES string of the molecule is OC(O)C1CC2CC[C@H]3[C@@H]4CCC[C@H]4CC[C@@H]3[C@H]2CC1C1C(C(O)O)CCC2C3CCC4CCCC4C3CCC21. The number of rotatable bonds is 3. The molecule has 8 aliphatic carbocycles. The van der Waals surface area contributed by atoms with Crippen molar-refractivity contribution in [2.45, 2.75) is 128 Å². The largest absolute Gasteiger partial charge is 0.368 e. The standard InChI is InChI=1S/C36H58O4/c37-35(38)30-16-14-27-26-10-7-19-3-2-6-23(19)25(26)13-15-29(27)34(30)32-18-31-21(17-33(32)36(39)40)9-12-24-22-5-1-4-20(22)8-11-28(24)31/h19-40H,1-18H2/t19?,20-,21?,22+,23?,24-,25?,26?,27?,28-,29?,30?,31-,32?,33?,34?/m0/s1. The smallest absolute Gasteiger partial charge is 0.154 e. The minimum atomic E-state index is -1.27. The highest BCUT2D eigenvalue weighted by atomic mass is 16.5. The summed E-state index contributed by atoms with van der Waals surface area (Å²) in [5.74, 6) is 10.3. The van der Waals surface area contributed by atoms with Crippen LogP contribution in [0.4, 0.5) is 0 Å². The molecule has 0 radical (unpaired) electrons. The van der Waals surface area contributed by atoms with Crippen LogP contribution in [0.15, 0.2) is 0 Å². The molecule has 4 nitrogen and oxygen atoms in total. The van der Waals surface area contributed by atoms with Gasteiger partial charge in [-0.05, 0) is 173 Å². The predicted molar refractivity (Wildman–Crippen MR) is 155 cm³/mol. The Hall–Kier alpha value is -0.160. The fraction of sp³-hybridized carbons (Fsp3) is 1.00. The van der Waals surface area contributed by atoms with Crippen molar-refractivity contribution in [2.75, 3.05) is 0 Å². The Morgan fingerprint density at radius 1 is 0.325 bits per heavy atom. The molecule has 0 aromatic rings. The zero-order valence-electron chi connectivity index (χ0n) is 24.9. The van der Waals surface area contributed by atoms with Crippen LogP contribution in [0.2, 0.25) is 0 Å². The van der Waals surface area contributed by atoms with Gasteiger partial charge in [-0.15, -0.1) is 0 Å². The number of aliphatic hydroxyl groups excluding tert-OH is 2. The monoisotopic (exact) mass is 554 g/mol. The normalized spacial score (nSPS) is 55.6. The third-order valence-electron chi connectivity index (χ3n) is 16.1. The molecule has 0 aromatic carbocycles. The average Bonchev–Trinajstić information content (AvgIpc) is 3.65. The van der Waals surface area contributed by atoms with Gasteiger partial charge in [0.2, 0.25) is 0 Å². The van der Waals surface area contributed by atoms with Gasteiger partial charge in [-0.1, -0.05) is 25.7 Å². The van der Waals surface area contributed by atoms with E-state index in [2.05, 4.69) is 0 Å². The highest BCUT2D eigenvalue weighted by molar-refractivity contribution is 5.06. The van der Waals surface area contributed by atoms with Gasteiger partial charge in [0, 0.05) is 11.8 Å². The van der Waals surface area contributed by atoms with Crippen LogP contribution in [-0.4, -0.2) is 33.0 Å². The Labute approximate surface area is 243 Å². The van der Waals surface area contributed by atoms with Gasteiger partial charge in [-0.25, -0.2) is 0 Å². The molecule has 4 heteroatoms. The maximum absolute atomic E-state index is 10.9. The van der Waals surface area contributed by atoms with E-state index in [0.717, 1.165) is 78.4 Å². The van der Waals surface area contributed by atoms with Gasteiger partial charge >= 0.3 is 0 Å². The molecular weight excluding hydrogens is 496 g/mol. The second-order valence-electron chi connectivity index (χ2n) is 16.9. The van der Waals surface area contributed by atoms with Crippen molar-refractivity contribution in [3.8, 4) is 0 Å². The van der Waals surface area contributed by atoms with Crippen LogP contribution in [0.5, 0.6) is 0 Å². The van der Waals surface area contributed by atoms with E-state index in [1.54, 1.807) is 0 Å². The Kier molecular flexibility index (Phi) is 7.38. The fourth-order valence-corrected chi connectivity index (χ4v) is 14.9. The van der Waals surface area contributed by atoms with Gasteiger partial charge < -0.3 is 20.4 Å². The minimum absolute atomic E-state index is 0.0890. The Morgan fingerprint density at radius 2 is 0.800 bits per heavy atom. The van der Waals surface area contributed by atoms with E-state index in [4.69, 9.17) is 0 Å². The summed E-state index contributed by atoms with van der Waals surface area (Å²) in [5, 5.41) is 43.3. The number of fused-ring (bicyclic) bond motifs is 10. The second-order valence-corrected chi connectivity index (χ2v) is 16.9. The highest BCUT2D eigenvalue weighted by Gasteiger charge is 2.58. The second kappa shape index (κ2) is 10.8. The first-order chi connectivity index (χ1) is 19.5. The molecule has 0 heterocycles. The summed E-state index contributed by atoms with van der Waals surface area (Å²) in [6.07, 6.45) is 21.3. The van der Waals surface area contributed by atoms with Crippen LogP contribution >= 0.6 is 0 Å². The molecule has 0 aliphatic heterocycles. The van der Waals surface area contributed by atoms with Gasteiger partial charge in [0.25, 0.3) is 0 Å². The fourth-order valence-electron chi connectivity index (χ4n) is 14.9. The lowest BCUT2D eigenvalue weighted by atomic mass is 9.45. The summed E-state index contributed by atoms with van der Waals surface area (Å²) in [4.78, 5) is 0. The van der Waals surface area contributed by atoms with Crippen molar-refractivity contribution < 1.29 is 20.4 Å². The van der Waals surface area contributed by atoms with E-state index in [0.29, 0.717) is 11.8 Å². The van der Waals surface area contributed by atoms with E-state index in [-0.39, 0.29) is 23.7 Å². The van der Waals surface area contributed by atoms with Crippen LogP contribution in [0.1, 0.15) is 116 Å². The summed E-state index contributed by atoms with van der Waals surface area (Å²) < 4.78 is 0. The first-order valence-corrected chi connectivity index (χ1v) is 18.2. The topological polar surface area (TPSA) is 80.9 Å². The summed E-state index contributed by atoms with van der Waals surface area (Å²) >= 11 is 0. The van der Waals surface area contributed by atoms with Gasteiger partial charge in [0.05, 0.1) is 0 Å². The summed E-state index contributed by atoms with van der Waals surface area (Å²) in [6.45, 7) is 0. The molecule has 0 saturated heterocycles. The van der Waals surface area contributed by atoms with E-state index >= 15 is 0 Å². The molecule has 8 saturated carbocycles. The van der Waals surface area contributed by atoms with Crippen molar-refractivity contribution in [1.29, 1.82) is 0 Å². The lowest BCUT2D eigenvalue weighted by Gasteiger charge is -2.60. The maximum Gasteiger partial charge on any atom is 0.154 e. The molecule has 0 spiro atoms. The summed E-state index contributed by atoms with van der Waals surface area (Å²) in [7, 11) is 0. The van der Waals surface area contributed by atoms with E-state index in [1.165, 1.54) is 96.3 Å². The molecule has 8 fully saturated rings. The number of hydrogen-bond acceptors (Lipinski definition) is 4. The number of aliphatic hydroxyl groups is 4. The van der Waals surface area contributed by atoms with Crippen molar-refractivity contribution in [3.05, 3.63) is 0 Å². The van der Waals surface area contributed by atoms with Crippen LogP contribution < -0.4 is 0 Å². The van der Waals surface area contributed by atoms with E-state index < -0.39 is 12.6 Å². The molecular formula is C36H58O4. The zero-order chi connectivity index (χ0) is 27.1. The molecule has 0 aromatic heterocycles. The third-order valence-corrected chi connectivity index (χ3v) is 16.1. The first-order valence-electron chi connectivity index (χ1n) is 18.2. The molecule has 0 amide bonds. The maximum atomic E-state index is 10.9. The molecule has 4 N–H and O–H groups in total. The van der Waals surface area contributed by atoms with E-state index in [9.17, 15) is 20.4 Å². The van der Waals surface area contributed by atoms with Crippen LogP contribution in [0.3, 0.4) is 0 Å². The molecule has 226 valence electrons. The number of hydrogen-bond donors (Lipinski definition) is 4. The molecule has 16 atom stereocenters. The van der Waals surface area contributed by atoms with Gasteiger partial charge in [-0.3, -0.25) is 0 Å². The summed E-state index contributed by atoms with van der Waals surface area (Å²) in [5.41, 5.74) is 0. The minimum Gasteiger partial charge on any atom is -0.368 e. The van der Waals surface area contributed by atoms with Crippen molar-refractivity contribution in [3.63, 3.8) is 0 Å². The van der Waals surface area contributed by atoms with Crippen LogP contribution in [0.25, 0.3) is 0 Å². The molecule has 40 heavy (non-hydrogen) atoms. The van der Waals surface area contributed by atoms with Crippen LogP contribution in [-0.2, 0) is 0 Å². The Morgan fingerprint density at radius 3 is 1.43 bits per heavy atom. The lowest BCUT2D eigenvalue weighted by Crippen LogP contribution is -2.55. The van der Waals surface area contributed by atoms with E-state index in [1.807, 2.05) is 0 Å². The predicted octanol–water partition coefficient (Wildman–Crippen LogP) is 6.60. The van der Waals surface area contributed by atoms with Gasteiger partial charge in [-0.2, -0.15) is 0 Å². The summed E-state index contributed by atoms with van der Waals surface area (Å²) in [6, 6.07) is 0. The van der Waals surface area contributed by atoms with Gasteiger partial charge in [0.15, 0.2) is 12.6 Å². The quantitative estimate of drug-likeness (QED) is 0.297. The van der Waals surface area contributed by atoms with Crippen molar-refractivity contribution >= 4 is 0 Å². The Bertz CT molecular complexity index is 903. The molecule has 0 bridgehead atoms. The van der Waals surface area contributed by atoms with Crippen molar-refractivity contribution in [1.82, 2.24) is 0 Å². The third kappa shape index (κ3) is 4.34. The van der Waals surface area contributed by atoms with Gasteiger partial charge in [0.1, 0.15) is 0 Å². The Balaban J connectivity index is 1.09. The lowest BCUT2D eigenvalue weighted by molar-refractivity contribution is -0.199. The first kappa shape index (κ1) is 27.4. The average molecular weight is 555 g/mol. The zero-order valence-corrected chi connectivity index (χ0v) is 24.9.